The third-order valence-corrected chi connectivity index (χ3v) is 3.64. The van der Waals surface area contributed by atoms with Crippen LogP contribution < -0.4 is 10.9 Å². The molecule has 0 spiro atoms. The second kappa shape index (κ2) is 6.35. The van der Waals surface area contributed by atoms with Crippen molar-refractivity contribution in [3.63, 3.8) is 0 Å². The first kappa shape index (κ1) is 15.6. The molecule has 0 heterocycles. The predicted octanol–water partition coefficient (Wildman–Crippen LogP) is 1.06. The number of hydrogen-bond donors (Lipinski definition) is 2. The Kier molecular flexibility index (Phi) is 5.81. The Hall–Kier alpha value is -1.42. The monoisotopic (exact) mass is 267 g/mol. The summed E-state index contributed by atoms with van der Waals surface area (Å²) < 4.78 is 0. The summed E-state index contributed by atoms with van der Waals surface area (Å²) >= 11 is 6.04. The van der Waals surface area contributed by atoms with E-state index < -0.39 is 5.91 Å². The van der Waals surface area contributed by atoms with Crippen LogP contribution in [0.3, 0.4) is 0 Å². The number of nitrogens with one attached hydrogen (secondary N) is 1. The van der Waals surface area contributed by atoms with E-state index in [9.17, 15) is 4.79 Å². The van der Waals surface area contributed by atoms with Crippen LogP contribution in [0.4, 0.5) is 0 Å². The maximum absolute atomic E-state index is 11.2. The SMILES string of the molecule is Cc1c(C)c([Si])c(C(N)=O)c(Cl)c1C.N=C=O. The van der Waals surface area contributed by atoms with E-state index in [1.807, 2.05) is 20.8 Å². The van der Waals surface area contributed by atoms with Crippen LogP contribution >= 0.6 is 11.6 Å². The topological polar surface area (TPSA) is 84.0 Å². The van der Waals surface area contributed by atoms with E-state index in [2.05, 4.69) is 10.2 Å². The molecule has 0 bridgehead atoms. The van der Waals surface area contributed by atoms with E-state index in [0.717, 1.165) is 22.8 Å². The molecule has 0 aromatic heterocycles. The highest BCUT2D eigenvalue weighted by molar-refractivity contribution is 6.43. The lowest BCUT2D eigenvalue weighted by Crippen LogP contribution is -2.26. The van der Waals surface area contributed by atoms with E-state index in [0.29, 0.717) is 15.8 Å². The maximum Gasteiger partial charge on any atom is 0.250 e. The number of carbonyl (C=O) groups excluding carboxylic acids is 2. The number of isocyanates is 1. The highest BCUT2D eigenvalue weighted by Crippen LogP contribution is 2.24. The number of rotatable bonds is 1. The molecule has 0 atom stereocenters. The summed E-state index contributed by atoms with van der Waals surface area (Å²) in [6.07, 6.45) is 0.750. The molecule has 1 aromatic rings. The molecule has 89 valence electrons. The largest absolute Gasteiger partial charge is 0.366 e. The van der Waals surface area contributed by atoms with Gasteiger partial charge in [-0.2, -0.15) is 0 Å². The first-order chi connectivity index (χ1) is 7.79. The van der Waals surface area contributed by atoms with E-state index >= 15 is 0 Å². The highest BCUT2D eigenvalue weighted by atomic mass is 35.5. The highest BCUT2D eigenvalue weighted by Gasteiger charge is 2.16. The van der Waals surface area contributed by atoms with E-state index in [-0.39, 0.29) is 0 Å². The van der Waals surface area contributed by atoms with Gasteiger partial charge in [0.25, 0.3) is 0 Å². The minimum atomic E-state index is -0.508. The molecule has 0 saturated heterocycles. The van der Waals surface area contributed by atoms with Gasteiger partial charge in [0.15, 0.2) is 0 Å². The zero-order valence-electron chi connectivity index (χ0n) is 9.77. The van der Waals surface area contributed by atoms with Gasteiger partial charge in [0.05, 0.1) is 20.8 Å². The van der Waals surface area contributed by atoms with Gasteiger partial charge < -0.3 is 5.73 Å². The fourth-order valence-corrected chi connectivity index (χ4v) is 2.19. The lowest BCUT2D eigenvalue weighted by Gasteiger charge is -2.14. The van der Waals surface area contributed by atoms with Gasteiger partial charge in [-0.05, 0) is 37.5 Å². The normalized spacial score (nSPS) is 9.00. The van der Waals surface area contributed by atoms with Gasteiger partial charge in [-0.25, -0.2) is 10.2 Å². The van der Waals surface area contributed by atoms with Gasteiger partial charge in [-0.3, -0.25) is 4.79 Å². The molecule has 0 aliphatic rings. The quantitative estimate of drug-likeness (QED) is 0.453. The lowest BCUT2D eigenvalue weighted by atomic mass is 10.00. The first-order valence-corrected chi connectivity index (χ1v) is 5.51. The molecular weight excluding hydrogens is 256 g/mol. The van der Waals surface area contributed by atoms with E-state index in [1.54, 1.807) is 0 Å². The summed E-state index contributed by atoms with van der Waals surface area (Å²) in [4.78, 5) is 19.5. The first-order valence-electron chi connectivity index (χ1n) is 4.64. The molecule has 0 fully saturated rings. The van der Waals surface area contributed by atoms with E-state index in [4.69, 9.17) is 27.5 Å². The van der Waals surface area contributed by atoms with Crippen LogP contribution in [0.25, 0.3) is 0 Å². The summed E-state index contributed by atoms with van der Waals surface area (Å²) in [6.45, 7) is 5.77. The van der Waals surface area contributed by atoms with Crippen molar-refractivity contribution in [3.8, 4) is 0 Å². The summed E-state index contributed by atoms with van der Waals surface area (Å²) in [5, 5.41) is 6.52. The Morgan fingerprint density at radius 2 is 1.71 bits per heavy atom. The third kappa shape index (κ3) is 3.26. The molecule has 4 nitrogen and oxygen atoms in total. The van der Waals surface area contributed by atoms with Crippen LogP contribution in [-0.4, -0.2) is 22.2 Å². The van der Waals surface area contributed by atoms with Crippen LogP contribution in [0.1, 0.15) is 27.0 Å². The van der Waals surface area contributed by atoms with Gasteiger partial charge in [0.2, 0.25) is 12.0 Å². The van der Waals surface area contributed by atoms with Crippen LogP contribution in [-0.2, 0) is 4.79 Å². The Morgan fingerprint density at radius 3 is 2.06 bits per heavy atom. The van der Waals surface area contributed by atoms with Gasteiger partial charge in [0.1, 0.15) is 0 Å². The molecule has 6 heteroatoms. The van der Waals surface area contributed by atoms with Crippen molar-refractivity contribution in [2.45, 2.75) is 20.8 Å². The molecule has 0 aliphatic carbocycles. The molecule has 0 aliphatic heterocycles. The summed E-state index contributed by atoms with van der Waals surface area (Å²) in [5.41, 5.74) is 8.59. The third-order valence-electron chi connectivity index (χ3n) is 2.55. The Labute approximate surface area is 108 Å². The van der Waals surface area contributed by atoms with Crippen LogP contribution in [0.2, 0.25) is 5.02 Å². The average molecular weight is 268 g/mol. The second-order valence-electron chi connectivity index (χ2n) is 3.41. The molecular formula is C11H12ClN2O2Si. The maximum atomic E-state index is 11.2. The van der Waals surface area contributed by atoms with Crippen LogP contribution in [0, 0.1) is 26.2 Å². The number of carbonyl (C=O) groups is 1. The zero-order chi connectivity index (χ0) is 13.7. The van der Waals surface area contributed by atoms with Crippen molar-refractivity contribution in [2.24, 2.45) is 5.73 Å². The number of halogens is 1. The Balaban J connectivity index is 0.000000770. The van der Waals surface area contributed by atoms with Crippen LogP contribution in [0.5, 0.6) is 0 Å². The van der Waals surface area contributed by atoms with Crippen molar-refractivity contribution < 1.29 is 9.59 Å². The fraction of sp³-hybridized carbons (Fsp3) is 0.273. The van der Waals surface area contributed by atoms with Crippen molar-refractivity contribution in [1.82, 2.24) is 0 Å². The number of nitrogens with two attached hydrogens (primary N) is 1. The van der Waals surface area contributed by atoms with Crippen molar-refractivity contribution >= 4 is 39.0 Å². The molecule has 1 rings (SSSR count). The van der Waals surface area contributed by atoms with Gasteiger partial charge >= 0.3 is 0 Å². The smallest absolute Gasteiger partial charge is 0.250 e. The summed E-state index contributed by atoms with van der Waals surface area (Å²) in [6, 6.07) is 0. The van der Waals surface area contributed by atoms with E-state index in [1.165, 1.54) is 0 Å². The number of hydrogen-bond acceptors (Lipinski definition) is 3. The lowest BCUT2D eigenvalue weighted by molar-refractivity contribution is 0.100. The van der Waals surface area contributed by atoms with Crippen molar-refractivity contribution in [3.05, 3.63) is 27.3 Å². The molecule has 3 radical (unpaired) electrons. The van der Waals surface area contributed by atoms with Gasteiger partial charge in [-0.15, -0.1) is 0 Å². The average Bonchev–Trinajstić information content (AvgIpc) is 2.24. The summed E-state index contributed by atoms with van der Waals surface area (Å²) in [7, 11) is 3.39. The molecule has 3 N–H and O–H groups in total. The minimum absolute atomic E-state index is 0.365. The standard InChI is InChI=1S/C10H11ClNOSi.CHNO/c1-4-5(2)8(11)7(10(12)13)9(14)6(4)3;2-1-3/h1-3H3,(H2,12,13);2H. The molecule has 1 aromatic carbocycles. The second-order valence-corrected chi connectivity index (χ2v) is 4.28. The van der Waals surface area contributed by atoms with Gasteiger partial charge in [0, 0.05) is 0 Å². The van der Waals surface area contributed by atoms with Crippen molar-refractivity contribution in [2.75, 3.05) is 0 Å². The molecule has 0 unspecified atom stereocenters. The van der Waals surface area contributed by atoms with Crippen molar-refractivity contribution in [1.29, 1.82) is 5.41 Å². The zero-order valence-corrected chi connectivity index (χ0v) is 11.5. The molecule has 17 heavy (non-hydrogen) atoms. The minimum Gasteiger partial charge on any atom is -0.366 e. The van der Waals surface area contributed by atoms with Crippen LogP contribution in [0.15, 0.2) is 0 Å². The Bertz CT molecular complexity index is 466. The fourth-order valence-electron chi connectivity index (χ4n) is 1.35. The van der Waals surface area contributed by atoms with Gasteiger partial charge in [-0.1, -0.05) is 16.8 Å². The summed E-state index contributed by atoms with van der Waals surface area (Å²) in [5.74, 6) is -0.508. The Morgan fingerprint density at radius 1 is 1.29 bits per heavy atom. The number of benzene rings is 1. The number of primary amides is 1. The predicted molar refractivity (Wildman–Crippen MR) is 68.0 cm³/mol. The number of amides is 1. The molecule has 1 amide bonds. The molecule has 0 saturated carbocycles.